The second-order valence-corrected chi connectivity index (χ2v) is 37.6. The van der Waals surface area contributed by atoms with Gasteiger partial charge < -0.3 is 37.9 Å². The molecule has 0 bridgehead atoms. The Morgan fingerprint density at radius 1 is 0.268 bits per heavy atom. The highest BCUT2D eigenvalue weighted by molar-refractivity contribution is 5.92. The third kappa shape index (κ3) is 25.1. The molecule has 4 fully saturated rings. The lowest BCUT2D eigenvalue weighted by Crippen LogP contribution is -2.36. The van der Waals surface area contributed by atoms with Crippen molar-refractivity contribution < 1.29 is 73.0 Å². The molecule has 0 aliphatic carbocycles. The summed E-state index contributed by atoms with van der Waals surface area (Å²) in [5.74, 6) is 6.57. The Labute approximate surface area is 829 Å². The number of nitrogens with zero attached hydrogens (tertiary/aromatic N) is 4. The SMILES string of the molecule is CC1CCN(CC2=C(c3ccc(F)cc3)c3ccccc3OC2)CC1.CCC1=C(c2ccc(F)cc2)c2cc(OC)ccc2OC1.CCC1=C(c2ccc(F)cc2)c2cc(OC)ccc2OC1.FC(F)(F)c1ccc(C2=C(CN3CCCCC3)COc3ccccc32)cc1.Fc1ccc(C2=C(CN3CCCCC3)COc3ccccc32)cc1.Fc1ccc(C2=C(CN3CCCCC3)COc3ccccc32)cc1. The molecule has 10 heterocycles. The van der Waals surface area contributed by atoms with Gasteiger partial charge in [0.15, 0.2) is 0 Å². The smallest absolute Gasteiger partial charge is 0.416 e. The zero-order valence-corrected chi connectivity index (χ0v) is 81.6. The minimum absolute atomic E-state index is 0.197. The summed E-state index contributed by atoms with van der Waals surface area (Å²) < 4.78 is 152. The van der Waals surface area contributed by atoms with Crippen molar-refractivity contribution in [1.82, 2.24) is 19.6 Å². The molecule has 12 aromatic rings. The van der Waals surface area contributed by atoms with Crippen molar-refractivity contribution in [3.8, 4) is 46.0 Å². The highest BCUT2D eigenvalue weighted by Gasteiger charge is 2.34. The monoisotopic (exact) mass is 1920 g/mol. The largest absolute Gasteiger partial charge is 0.497 e. The average molecular weight is 1930 g/mol. The first-order valence-corrected chi connectivity index (χ1v) is 50.0. The molecule has 0 N–H and O–H groups in total. The first-order chi connectivity index (χ1) is 69.3. The number of hydrogen-bond donors (Lipinski definition) is 0. The molecule has 0 radical (unpaired) electrons. The molecule has 4 saturated heterocycles. The summed E-state index contributed by atoms with van der Waals surface area (Å²) in [6.45, 7) is 22.6. The maximum atomic E-state index is 13.4. The third-order valence-corrected chi connectivity index (χ3v) is 28.0. The molecule has 142 heavy (non-hydrogen) atoms. The van der Waals surface area contributed by atoms with Gasteiger partial charge in [0.1, 0.15) is 115 Å². The van der Waals surface area contributed by atoms with Gasteiger partial charge in [0, 0.05) is 59.6 Å². The molecule has 0 aromatic heterocycles. The summed E-state index contributed by atoms with van der Waals surface area (Å²) in [7, 11) is 3.29. The Kier molecular flexibility index (Phi) is 33.9. The van der Waals surface area contributed by atoms with Crippen LogP contribution >= 0.6 is 0 Å². The summed E-state index contributed by atoms with van der Waals surface area (Å²) in [5.41, 5.74) is 26.0. The minimum atomic E-state index is -4.32. The molecule has 22 rings (SSSR count). The van der Waals surface area contributed by atoms with E-state index in [0.29, 0.717) is 39.6 Å². The first kappa shape index (κ1) is 100. The van der Waals surface area contributed by atoms with Crippen LogP contribution < -0.4 is 37.9 Å². The van der Waals surface area contributed by atoms with Gasteiger partial charge in [-0.25, -0.2) is 22.0 Å². The topological polar surface area (TPSA) is 86.8 Å². The Morgan fingerprint density at radius 3 is 0.739 bits per heavy atom. The molecule has 736 valence electrons. The number of rotatable bonds is 18. The summed E-state index contributed by atoms with van der Waals surface area (Å²) in [6.07, 6.45) is 11.4. The van der Waals surface area contributed by atoms with E-state index in [0.717, 1.165) is 232 Å². The van der Waals surface area contributed by atoms with Crippen molar-refractivity contribution in [3.63, 3.8) is 0 Å². The molecule has 12 aromatic carbocycles. The maximum Gasteiger partial charge on any atom is 0.416 e. The highest BCUT2D eigenvalue weighted by atomic mass is 19.4. The lowest BCUT2D eigenvalue weighted by molar-refractivity contribution is -0.137. The number of benzene rings is 12. The number of alkyl halides is 3. The molecule has 0 amide bonds. The molecule has 20 heteroatoms. The summed E-state index contributed by atoms with van der Waals surface area (Å²) in [6, 6.07) is 83.0. The molecule has 10 aliphatic heterocycles. The average Bonchev–Trinajstić information content (AvgIpc) is 0.773. The van der Waals surface area contributed by atoms with Crippen LogP contribution in [0.1, 0.15) is 177 Å². The molecular formula is C122H124F8N4O8. The summed E-state index contributed by atoms with van der Waals surface area (Å²) in [5, 5.41) is 0. The van der Waals surface area contributed by atoms with Crippen LogP contribution in [0.3, 0.4) is 0 Å². The number of para-hydroxylation sites is 4. The fourth-order valence-corrected chi connectivity index (χ4v) is 20.5. The van der Waals surface area contributed by atoms with Gasteiger partial charge in [0.25, 0.3) is 0 Å². The van der Waals surface area contributed by atoms with Gasteiger partial charge in [0.05, 0.1) is 19.8 Å². The molecule has 0 saturated carbocycles. The lowest BCUT2D eigenvalue weighted by atomic mass is 9.90. The van der Waals surface area contributed by atoms with Crippen LogP contribution in [0, 0.1) is 35.0 Å². The number of methoxy groups -OCH3 is 2. The van der Waals surface area contributed by atoms with Gasteiger partial charge in [-0.3, -0.25) is 19.6 Å². The van der Waals surface area contributed by atoms with E-state index in [1.807, 2.05) is 176 Å². The second-order valence-electron chi connectivity index (χ2n) is 37.6. The van der Waals surface area contributed by atoms with Crippen molar-refractivity contribution in [2.24, 2.45) is 5.92 Å². The van der Waals surface area contributed by atoms with Crippen LogP contribution in [-0.4, -0.2) is 152 Å². The number of fused-ring (bicyclic) bond motifs is 6. The fourth-order valence-electron chi connectivity index (χ4n) is 20.5. The van der Waals surface area contributed by atoms with Gasteiger partial charge in [-0.2, -0.15) is 13.2 Å². The number of ether oxygens (including phenoxy) is 8. The number of piperidine rings is 4. The predicted molar refractivity (Wildman–Crippen MR) is 551 cm³/mol. The third-order valence-electron chi connectivity index (χ3n) is 28.0. The number of likely N-dealkylation sites (tertiary alicyclic amines) is 4. The zero-order chi connectivity index (χ0) is 98.4. The minimum Gasteiger partial charge on any atom is -0.497 e. The van der Waals surface area contributed by atoms with E-state index in [2.05, 4.69) is 58.6 Å². The van der Waals surface area contributed by atoms with E-state index in [9.17, 15) is 35.1 Å². The number of halogens is 8. The molecule has 0 unspecified atom stereocenters. The highest BCUT2D eigenvalue weighted by Crippen LogP contribution is 2.47. The van der Waals surface area contributed by atoms with Gasteiger partial charge in [-0.15, -0.1) is 0 Å². The lowest BCUT2D eigenvalue weighted by Gasteiger charge is -2.33. The molecule has 10 aliphatic rings. The zero-order valence-electron chi connectivity index (χ0n) is 81.6. The van der Waals surface area contributed by atoms with Crippen LogP contribution in [0.5, 0.6) is 46.0 Å². The van der Waals surface area contributed by atoms with Crippen molar-refractivity contribution in [2.75, 3.05) is 132 Å². The predicted octanol–water partition coefficient (Wildman–Crippen LogP) is 28.0. The van der Waals surface area contributed by atoms with Crippen molar-refractivity contribution in [2.45, 2.75) is 110 Å². The number of hydrogen-bond acceptors (Lipinski definition) is 12. The van der Waals surface area contributed by atoms with E-state index in [4.69, 9.17) is 37.9 Å². The van der Waals surface area contributed by atoms with Crippen LogP contribution in [0.25, 0.3) is 33.4 Å². The van der Waals surface area contributed by atoms with Crippen LogP contribution in [0.2, 0.25) is 0 Å². The Hall–Kier alpha value is -13.2. The van der Waals surface area contributed by atoms with Crippen LogP contribution in [0.4, 0.5) is 35.1 Å². The summed E-state index contributed by atoms with van der Waals surface area (Å²) >= 11 is 0. The normalized spacial score (nSPS) is 17.0. The van der Waals surface area contributed by atoms with Crippen LogP contribution in [-0.2, 0) is 6.18 Å². The maximum absolute atomic E-state index is 13.4. The first-order valence-electron chi connectivity index (χ1n) is 50.0. The Bertz CT molecular complexity index is 6250. The van der Waals surface area contributed by atoms with Crippen molar-refractivity contribution >= 4 is 33.4 Å². The quantitative estimate of drug-likeness (QED) is 0.0767. The van der Waals surface area contributed by atoms with Gasteiger partial charge >= 0.3 is 6.18 Å². The van der Waals surface area contributed by atoms with Crippen molar-refractivity contribution in [1.29, 1.82) is 0 Å². The van der Waals surface area contributed by atoms with Gasteiger partial charge in [-0.05, 0) is 356 Å². The van der Waals surface area contributed by atoms with E-state index in [1.165, 1.54) is 152 Å². The second kappa shape index (κ2) is 48.0. The Balaban J connectivity index is 0.000000117. The van der Waals surface area contributed by atoms with Crippen molar-refractivity contribution in [3.05, 3.63) is 414 Å². The Morgan fingerprint density at radius 2 is 0.493 bits per heavy atom. The van der Waals surface area contributed by atoms with Crippen LogP contribution in [0.15, 0.2) is 312 Å². The molecular weight excluding hydrogens is 1800 g/mol. The molecule has 0 spiro atoms. The molecule has 0 atom stereocenters. The summed E-state index contributed by atoms with van der Waals surface area (Å²) in [4.78, 5) is 9.97. The van der Waals surface area contributed by atoms with Gasteiger partial charge in [-0.1, -0.05) is 186 Å². The van der Waals surface area contributed by atoms with Gasteiger partial charge in [0.2, 0.25) is 0 Å². The standard InChI is InChI=1S/C22H22F3NO.C22H24FNO.2C21H22FNO.2C18H17FO2/c23-22(24,25)18-10-8-16(9-11-18)21-17(14-26-12-4-1-5-13-26)15-27-20-7-3-2-6-19(20)21;1-16-10-12-24(13-11-16)14-18-15-25-21-5-3-2-4-20(21)22(18)17-6-8-19(23)9-7-17;2*22-18-10-8-16(9-11-18)21-17(14-23-12-4-1-5-13-23)15-24-20-7-3-2-6-19(20)21;2*1-3-12-11-21-17-9-8-15(20-2)10-16(17)18(12)13-4-6-14(19)7-5-13/h2-3,6-11H,1,4-5,12-15H2;2-9,16H,10-15H2,1H3;2*2-3,6-11H,1,4-5,12-15H2;2*4-10H,3,11H2,1-2H3. The van der Waals surface area contributed by atoms with E-state index < -0.39 is 11.7 Å². The van der Waals surface area contributed by atoms with E-state index >= 15 is 0 Å². The molecule has 12 nitrogen and oxygen atoms in total. The van der Waals surface area contributed by atoms with E-state index in [1.54, 1.807) is 62.8 Å². The fraction of sp³-hybridized carbons (Fsp3) is 0.311. The van der Waals surface area contributed by atoms with E-state index in [-0.39, 0.29) is 29.1 Å².